The number of nitrogens with zero attached hydrogens (tertiary/aromatic N) is 3. The number of piperazine rings is 1. The minimum atomic E-state index is -0.0587. The number of nitrogens with two attached hydrogens (primary N) is 1. The van der Waals surface area contributed by atoms with Crippen molar-refractivity contribution in [3.63, 3.8) is 0 Å². The third-order valence-corrected chi connectivity index (χ3v) is 6.86. The van der Waals surface area contributed by atoms with Gasteiger partial charge in [-0.25, -0.2) is 0 Å². The predicted octanol–water partition coefficient (Wildman–Crippen LogP) is 3.27. The molecule has 3 aromatic rings. The first-order valence-electron chi connectivity index (χ1n) is 9.65. The van der Waals surface area contributed by atoms with E-state index >= 15 is 0 Å². The molecule has 1 aliphatic rings. The van der Waals surface area contributed by atoms with Gasteiger partial charge >= 0.3 is 0 Å². The first-order chi connectivity index (χ1) is 13.7. The number of thiophene rings is 1. The highest BCUT2D eigenvalue weighted by Gasteiger charge is 2.20. The fourth-order valence-corrected chi connectivity index (χ4v) is 5.06. The maximum absolute atomic E-state index is 12.0. The number of hydrogen-bond acceptors (Lipinski definition) is 7. The largest absolute Gasteiger partial charge is 0.397 e. The van der Waals surface area contributed by atoms with Gasteiger partial charge in [0.2, 0.25) is 0 Å². The molecule has 0 spiro atoms. The highest BCUT2D eigenvalue weighted by molar-refractivity contribution is 7.13. The Bertz CT molecular complexity index is 929. The van der Waals surface area contributed by atoms with E-state index in [9.17, 15) is 4.79 Å². The lowest BCUT2D eigenvalue weighted by atomic mass is 10.2. The van der Waals surface area contributed by atoms with Gasteiger partial charge in [0.05, 0.1) is 10.4 Å². The van der Waals surface area contributed by atoms with Crippen molar-refractivity contribution in [3.05, 3.63) is 40.6 Å². The fourth-order valence-electron chi connectivity index (χ4n) is 3.53. The summed E-state index contributed by atoms with van der Waals surface area (Å²) in [6.07, 6.45) is 2.06. The van der Waals surface area contributed by atoms with Crippen molar-refractivity contribution in [2.24, 2.45) is 0 Å². The zero-order valence-corrected chi connectivity index (χ0v) is 17.4. The van der Waals surface area contributed by atoms with Crippen molar-refractivity contribution in [1.29, 1.82) is 0 Å². The third-order valence-electron chi connectivity index (χ3n) is 5.12. The summed E-state index contributed by atoms with van der Waals surface area (Å²) >= 11 is 2.97. The first-order valence-corrected chi connectivity index (χ1v) is 11.3. The molecule has 1 amide bonds. The molecule has 1 fully saturated rings. The second kappa shape index (κ2) is 8.89. The van der Waals surface area contributed by atoms with Crippen LogP contribution in [0.2, 0.25) is 0 Å². The van der Waals surface area contributed by atoms with Crippen LogP contribution >= 0.6 is 22.9 Å². The molecule has 0 atom stereocenters. The maximum Gasteiger partial charge on any atom is 0.263 e. The molecule has 148 valence electrons. The number of hydrogen-bond donors (Lipinski definition) is 2. The van der Waals surface area contributed by atoms with Crippen molar-refractivity contribution in [2.75, 3.05) is 49.9 Å². The van der Waals surface area contributed by atoms with E-state index in [0.717, 1.165) is 51.4 Å². The van der Waals surface area contributed by atoms with Gasteiger partial charge in [0.15, 0.2) is 0 Å². The summed E-state index contributed by atoms with van der Waals surface area (Å²) in [5.74, 6) is 1.08. The highest BCUT2D eigenvalue weighted by Crippen LogP contribution is 2.29. The number of nitrogens with one attached hydrogen (secondary N) is 1. The van der Waals surface area contributed by atoms with E-state index in [1.54, 1.807) is 17.6 Å². The molecular formula is C20H25N5OS2. The molecule has 6 nitrogen and oxygen atoms in total. The quantitative estimate of drug-likeness (QED) is 0.580. The number of nitrogen functional groups attached to an aromatic ring is 1. The lowest BCUT2D eigenvalue weighted by Gasteiger charge is -2.35. The number of anilines is 2. The van der Waals surface area contributed by atoms with Gasteiger partial charge in [0.1, 0.15) is 10.7 Å². The lowest BCUT2D eigenvalue weighted by molar-refractivity contribution is 0.0957. The van der Waals surface area contributed by atoms with Crippen LogP contribution in [0.1, 0.15) is 22.5 Å². The number of unbranched alkanes of at least 4 members (excludes halogenated alkanes) is 1. The maximum atomic E-state index is 12.0. The number of aromatic nitrogens is 1. The molecule has 28 heavy (non-hydrogen) atoms. The molecular weight excluding hydrogens is 390 g/mol. The summed E-state index contributed by atoms with van der Waals surface area (Å²) in [6, 6.07) is 10.2. The van der Waals surface area contributed by atoms with Crippen LogP contribution in [-0.4, -0.2) is 54.4 Å². The normalized spacial score (nSPS) is 15.2. The molecule has 0 radical (unpaired) electrons. The molecule has 0 unspecified atom stereocenters. The van der Waals surface area contributed by atoms with Crippen LogP contribution in [0, 0.1) is 0 Å². The van der Waals surface area contributed by atoms with E-state index in [1.807, 2.05) is 5.38 Å². The number of carbonyl (C=O) groups is 1. The van der Waals surface area contributed by atoms with Gasteiger partial charge in [-0.15, -0.1) is 11.3 Å². The van der Waals surface area contributed by atoms with Crippen molar-refractivity contribution in [1.82, 2.24) is 14.6 Å². The van der Waals surface area contributed by atoms with E-state index in [0.29, 0.717) is 17.1 Å². The Balaban J connectivity index is 1.16. The Hall–Kier alpha value is -2.16. The highest BCUT2D eigenvalue weighted by atomic mass is 32.1. The Morgan fingerprint density at radius 2 is 1.96 bits per heavy atom. The minimum Gasteiger partial charge on any atom is -0.397 e. The fraction of sp³-hybridized carbons (Fsp3) is 0.400. The van der Waals surface area contributed by atoms with Gasteiger partial charge in [-0.1, -0.05) is 12.1 Å². The first kappa shape index (κ1) is 19.2. The van der Waals surface area contributed by atoms with Crippen LogP contribution in [0.5, 0.6) is 0 Å². The number of carbonyl (C=O) groups excluding carboxylic acids is 1. The van der Waals surface area contributed by atoms with Gasteiger partial charge in [0.25, 0.3) is 5.91 Å². The topological polar surface area (TPSA) is 74.5 Å². The Morgan fingerprint density at radius 3 is 2.75 bits per heavy atom. The number of benzene rings is 1. The number of amides is 1. The summed E-state index contributed by atoms with van der Waals surface area (Å²) in [4.78, 5) is 17.6. The second-order valence-corrected chi connectivity index (χ2v) is 8.72. The van der Waals surface area contributed by atoms with Crippen molar-refractivity contribution in [2.45, 2.75) is 12.8 Å². The monoisotopic (exact) mass is 415 g/mol. The van der Waals surface area contributed by atoms with Crippen LogP contribution in [-0.2, 0) is 0 Å². The summed E-state index contributed by atoms with van der Waals surface area (Å²) in [6.45, 7) is 5.92. The summed E-state index contributed by atoms with van der Waals surface area (Å²) in [5, 5.41) is 6.08. The Morgan fingerprint density at radius 1 is 1.14 bits per heavy atom. The van der Waals surface area contributed by atoms with Gasteiger partial charge in [-0.3, -0.25) is 9.69 Å². The summed E-state index contributed by atoms with van der Waals surface area (Å²) in [7, 11) is 0. The third kappa shape index (κ3) is 4.29. The van der Waals surface area contributed by atoms with Crippen LogP contribution in [0.4, 0.5) is 11.5 Å². The molecule has 1 aromatic carbocycles. The van der Waals surface area contributed by atoms with E-state index in [-0.39, 0.29) is 5.91 Å². The molecule has 2 aromatic heterocycles. The average Bonchev–Trinajstić information content (AvgIpc) is 3.34. The van der Waals surface area contributed by atoms with Crippen LogP contribution in [0.3, 0.4) is 0 Å². The molecule has 1 saturated heterocycles. The smallest absolute Gasteiger partial charge is 0.263 e. The standard InChI is InChI=1S/C20H25N5OS2/c21-16-7-14-27-18(16)20(26)22-8-3-4-9-24-10-12-25(13-11-24)19-15-5-1-2-6-17(15)28-23-19/h1-2,5-7,14H,3-4,8-13,21H2,(H,22,26). The van der Waals surface area contributed by atoms with Gasteiger partial charge < -0.3 is 16.0 Å². The second-order valence-electron chi connectivity index (χ2n) is 7.00. The van der Waals surface area contributed by atoms with Gasteiger partial charge in [-0.05, 0) is 54.5 Å². The SMILES string of the molecule is Nc1ccsc1C(=O)NCCCCN1CCN(c2nsc3ccccc23)CC1. The Kier molecular flexibility index (Phi) is 6.09. The number of fused-ring (bicyclic) bond motifs is 1. The van der Waals surface area contributed by atoms with Gasteiger partial charge in [0, 0.05) is 38.1 Å². The molecule has 3 heterocycles. The van der Waals surface area contributed by atoms with Gasteiger partial charge in [-0.2, -0.15) is 4.37 Å². The van der Waals surface area contributed by atoms with E-state index in [2.05, 4.69) is 43.8 Å². The van der Waals surface area contributed by atoms with E-state index in [1.165, 1.54) is 21.4 Å². The molecule has 1 aliphatic heterocycles. The molecule has 4 rings (SSSR count). The van der Waals surface area contributed by atoms with E-state index in [4.69, 9.17) is 5.73 Å². The molecule has 0 saturated carbocycles. The Labute approximate surface area is 173 Å². The number of rotatable bonds is 7. The zero-order valence-electron chi connectivity index (χ0n) is 15.8. The van der Waals surface area contributed by atoms with Crippen LogP contribution < -0.4 is 16.0 Å². The molecule has 0 bridgehead atoms. The van der Waals surface area contributed by atoms with E-state index < -0.39 is 0 Å². The van der Waals surface area contributed by atoms with Crippen molar-refractivity contribution >= 4 is 50.4 Å². The van der Waals surface area contributed by atoms with Crippen LogP contribution in [0.25, 0.3) is 10.1 Å². The predicted molar refractivity (Wildman–Crippen MR) is 119 cm³/mol. The van der Waals surface area contributed by atoms with Crippen molar-refractivity contribution < 1.29 is 4.79 Å². The van der Waals surface area contributed by atoms with Crippen LogP contribution in [0.15, 0.2) is 35.7 Å². The average molecular weight is 416 g/mol. The lowest BCUT2D eigenvalue weighted by Crippen LogP contribution is -2.46. The van der Waals surface area contributed by atoms with Crippen molar-refractivity contribution in [3.8, 4) is 0 Å². The molecule has 8 heteroatoms. The zero-order chi connectivity index (χ0) is 19.3. The summed E-state index contributed by atoms with van der Waals surface area (Å²) in [5.41, 5.74) is 6.34. The summed E-state index contributed by atoms with van der Waals surface area (Å²) < 4.78 is 5.93. The molecule has 3 N–H and O–H groups in total. The molecule has 0 aliphatic carbocycles. The minimum absolute atomic E-state index is 0.0587.